The third-order valence-corrected chi connectivity index (χ3v) is 22.8. The molecule has 686 valence electrons. The number of para-hydroxylation sites is 1. The fourth-order valence-electron chi connectivity index (χ4n) is 14.7. The number of phenols is 2. The van der Waals surface area contributed by atoms with E-state index in [2.05, 4.69) is 62.8 Å². The third-order valence-electron chi connectivity index (χ3n) is 21.8. The van der Waals surface area contributed by atoms with Gasteiger partial charge in [0.15, 0.2) is 0 Å². The number of aromatic nitrogens is 3. The Kier molecular flexibility index (Phi) is 37.5. The molecule has 7 aromatic rings. The number of nitrogens with one attached hydrogen (secondary N) is 11. The Morgan fingerprint density at radius 3 is 1.55 bits per heavy atom. The van der Waals surface area contributed by atoms with E-state index in [0.29, 0.717) is 57.3 Å². The maximum atomic E-state index is 15.5. The van der Waals surface area contributed by atoms with E-state index in [1.807, 2.05) is 6.92 Å². The number of nitrogens with zero attached hydrogens (tertiary/aromatic N) is 6. The van der Waals surface area contributed by atoms with Crippen LogP contribution in [0.3, 0.4) is 0 Å². The molecule has 128 heavy (non-hydrogen) atoms. The lowest BCUT2D eigenvalue weighted by molar-refractivity contribution is -0.151. The van der Waals surface area contributed by atoms with E-state index in [-0.39, 0.29) is 68.8 Å². The average Bonchev–Trinajstić information content (AvgIpc) is 1.81. The highest BCUT2D eigenvalue weighted by atomic mass is 32.2. The first-order chi connectivity index (χ1) is 60.9. The summed E-state index contributed by atoms with van der Waals surface area (Å²) < 4.78 is 0. The van der Waals surface area contributed by atoms with Crippen molar-refractivity contribution in [2.24, 2.45) is 17.6 Å². The summed E-state index contributed by atoms with van der Waals surface area (Å²) in [7, 11) is 6.48. The van der Waals surface area contributed by atoms with Gasteiger partial charge < -0.3 is 103 Å². The molecule has 1 aliphatic rings. The molecule has 1 aliphatic heterocycles. The van der Waals surface area contributed by atoms with Gasteiger partial charge in [-0.1, -0.05) is 151 Å². The lowest BCUT2D eigenvalue weighted by Crippen LogP contribution is -2.61. The Morgan fingerprint density at radius 2 is 0.992 bits per heavy atom. The molecular weight excluding hydrogens is 1670 g/mol. The quantitative estimate of drug-likeness (QED) is 0.0426. The fraction of sp³-hybridized carbons (Fsp3) is 0.433. The molecule has 11 unspecified atom stereocenters. The Morgan fingerprint density at radius 1 is 0.500 bits per heavy atom. The molecule has 0 radical (unpaired) electrons. The molecule has 2 aromatic heterocycles. The number of unbranched alkanes of at least 4 members (excludes halogenated alkanes) is 1. The third kappa shape index (κ3) is 29.7. The van der Waals surface area contributed by atoms with Crippen LogP contribution in [-0.4, -0.2) is 282 Å². The lowest BCUT2D eigenvalue weighted by Gasteiger charge is -2.37. The number of hydrogen-bond donors (Lipinski definition) is 15. The zero-order valence-electron chi connectivity index (χ0n) is 73.3. The van der Waals surface area contributed by atoms with E-state index in [1.165, 1.54) is 96.3 Å². The van der Waals surface area contributed by atoms with E-state index >= 15 is 33.6 Å². The van der Waals surface area contributed by atoms with Gasteiger partial charge in [-0.05, 0) is 82.8 Å². The van der Waals surface area contributed by atoms with Crippen LogP contribution in [0.15, 0.2) is 152 Å². The van der Waals surface area contributed by atoms with Gasteiger partial charge in [0.05, 0.1) is 38.1 Å². The number of amides is 15. The van der Waals surface area contributed by atoms with E-state index in [0.717, 1.165) is 36.3 Å². The van der Waals surface area contributed by atoms with E-state index in [9.17, 15) is 58.5 Å². The summed E-state index contributed by atoms with van der Waals surface area (Å²) in [6, 6.07) is 18.4. The molecule has 3 heterocycles. The normalized spacial score (nSPS) is 22.0. The second kappa shape index (κ2) is 48.1. The SMILES string of the molecule is CCCCC1C(=O)N(C)CC(=O)NC(CC(=O)O)C(=O)NC(C(C)C)C(=O)N(C)C(Cc2ccccc2)C(=O)NC(Cc2ccc(O)cc2)C(=O)N(C)CC(=O)NC(Cc2c[nH]c3ccccc23)C(=O)NC(Cc2ccc(O)cc2)C(=O)NC(CC(C)C)C(=O)NC(C(=O)NCC(N)=O)CSCC(=O)NC(Cc2cnc[nH]2)C(=O)N(C)C(Cc2ccccc2)C(=O)N1C. The molecule has 15 amide bonds. The van der Waals surface area contributed by atoms with Crippen LogP contribution in [0.25, 0.3) is 10.9 Å². The molecule has 38 heteroatoms. The van der Waals surface area contributed by atoms with Crippen LogP contribution in [0, 0.1) is 11.8 Å². The molecule has 1 fully saturated rings. The van der Waals surface area contributed by atoms with Crippen molar-refractivity contribution in [1.82, 2.24) is 87.3 Å². The Bertz CT molecular complexity index is 5020. The summed E-state index contributed by atoms with van der Waals surface area (Å²) in [4.78, 5) is 250. The van der Waals surface area contributed by atoms with Gasteiger partial charge in [-0.2, -0.15) is 0 Å². The van der Waals surface area contributed by atoms with Crippen molar-refractivity contribution in [1.29, 1.82) is 0 Å². The number of aromatic amines is 2. The van der Waals surface area contributed by atoms with E-state index in [1.54, 1.807) is 119 Å². The van der Waals surface area contributed by atoms with Gasteiger partial charge in [-0.15, -0.1) is 11.8 Å². The Hall–Kier alpha value is -13.7. The number of fused-ring (bicyclic) bond motifs is 1. The van der Waals surface area contributed by atoms with Crippen molar-refractivity contribution in [2.45, 2.75) is 172 Å². The molecule has 5 aromatic carbocycles. The number of benzene rings is 5. The number of carboxylic acid groups (broad SMARTS) is 1. The summed E-state index contributed by atoms with van der Waals surface area (Å²) >= 11 is 0.811. The van der Waals surface area contributed by atoms with E-state index < -0.39 is 205 Å². The van der Waals surface area contributed by atoms with Crippen molar-refractivity contribution in [2.75, 3.05) is 66.4 Å². The van der Waals surface area contributed by atoms with Gasteiger partial charge in [0.1, 0.15) is 78.0 Å². The maximum Gasteiger partial charge on any atom is 0.305 e. The Balaban J connectivity index is 1.21. The summed E-state index contributed by atoms with van der Waals surface area (Å²) in [6.45, 7) is 6.13. The van der Waals surface area contributed by atoms with Crippen molar-refractivity contribution in [3.05, 3.63) is 186 Å². The molecule has 0 saturated carbocycles. The molecule has 0 spiro atoms. The number of carbonyl (C=O) groups excluding carboxylic acids is 15. The number of carboxylic acids is 1. The molecular formula is C90H116N18O19S. The maximum absolute atomic E-state index is 15.5. The van der Waals surface area contributed by atoms with Crippen LogP contribution in [0.2, 0.25) is 0 Å². The number of thioether (sulfide) groups is 1. The van der Waals surface area contributed by atoms with Crippen LogP contribution in [-0.2, 0) is 115 Å². The molecule has 16 N–H and O–H groups in total. The van der Waals surface area contributed by atoms with Gasteiger partial charge in [-0.3, -0.25) is 76.7 Å². The van der Waals surface area contributed by atoms with Crippen LogP contribution in [0.4, 0.5) is 0 Å². The molecule has 8 rings (SSSR count). The van der Waals surface area contributed by atoms with Crippen molar-refractivity contribution < 1.29 is 92.0 Å². The highest BCUT2D eigenvalue weighted by Gasteiger charge is 2.42. The Labute approximate surface area is 745 Å². The fourth-order valence-corrected chi connectivity index (χ4v) is 15.6. The van der Waals surface area contributed by atoms with Gasteiger partial charge in [0, 0.05) is 109 Å². The summed E-state index contributed by atoms with van der Waals surface area (Å²) in [5, 5.41) is 55.4. The van der Waals surface area contributed by atoms with Crippen LogP contribution in [0.1, 0.15) is 100 Å². The minimum absolute atomic E-state index is 0.0218. The number of H-pyrrole nitrogens is 2. The van der Waals surface area contributed by atoms with Gasteiger partial charge in [0.25, 0.3) is 0 Å². The predicted octanol–water partition coefficient (Wildman–Crippen LogP) is 1.05. The second-order valence-corrected chi connectivity index (χ2v) is 33.7. The van der Waals surface area contributed by atoms with E-state index in [4.69, 9.17) is 5.73 Å². The second-order valence-electron chi connectivity index (χ2n) is 32.7. The number of nitrogens with two attached hydrogens (primary N) is 1. The van der Waals surface area contributed by atoms with Gasteiger partial charge in [-0.25, -0.2) is 4.98 Å². The predicted molar refractivity (Wildman–Crippen MR) is 474 cm³/mol. The first kappa shape index (κ1) is 99.7. The zero-order valence-corrected chi connectivity index (χ0v) is 74.1. The molecule has 37 nitrogen and oxygen atoms in total. The number of hydrogen-bond acceptors (Lipinski definition) is 20. The van der Waals surface area contributed by atoms with Gasteiger partial charge >= 0.3 is 5.97 Å². The first-order valence-electron chi connectivity index (χ1n) is 42.1. The number of phenolic OH excluding ortho intramolecular Hbond substituents is 2. The number of likely N-dealkylation sites (N-methyl/N-ethyl adjacent to an activating group) is 5. The van der Waals surface area contributed by atoms with Crippen molar-refractivity contribution in [3.8, 4) is 11.5 Å². The molecule has 1 saturated heterocycles. The molecule has 0 aliphatic carbocycles. The number of imidazole rings is 1. The summed E-state index contributed by atoms with van der Waals surface area (Å²) in [5.74, 6) is -17.6. The highest BCUT2D eigenvalue weighted by molar-refractivity contribution is 8.00. The number of aliphatic carboxylic acids is 1. The number of aromatic hydroxyl groups is 2. The van der Waals surface area contributed by atoms with Crippen LogP contribution >= 0.6 is 11.8 Å². The molecule has 0 bridgehead atoms. The van der Waals surface area contributed by atoms with Gasteiger partial charge in [0.2, 0.25) is 88.6 Å². The smallest absolute Gasteiger partial charge is 0.305 e. The monoisotopic (exact) mass is 1780 g/mol. The number of rotatable bonds is 23. The van der Waals surface area contributed by atoms with Crippen LogP contribution in [0.5, 0.6) is 11.5 Å². The van der Waals surface area contributed by atoms with Crippen molar-refractivity contribution >= 4 is 117 Å². The number of carbonyl (C=O) groups is 16. The topological polar surface area (TPSA) is 529 Å². The first-order valence-corrected chi connectivity index (χ1v) is 43.2. The summed E-state index contributed by atoms with van der Waals surface area (Å²) in [6.07, 6.45) is 2.69. The standard InChI is InChI=1S/C90H116N18O19S/c1-11-12-27-71-88(125)105(7)48-76(113)97-67(43-78(115)116)84(121)103-79(53(4)5)90(127)107(9)72(39-54-21-15-13-16-22-54)85(122)101-68(38-57-30-34-61(110)35-31-57)86(123)104(6)47-75(112)96-66(41-58-44-93-63-26-20-19-25-62(58)63)83(120)100-65(37-56-28-32-60(109)33-29-56)82(119)99-64(36-52(2)3)81(118)102-70(80(117)94-46-74(91)111)49-128-50-77(114)98-69(42-59-45-92-51-95-59)87(124)108(10)73(89(126)106(71)8)40-55-23-17-14-18-24-55/h13-26,28-35,44-45,51-53,64-73,79,93,109-110H,11-12,27,36-43,46-50H2,1-10H3,(H2,91,111)(H,92,95)(H,94,117)(H,96,112)(H,97,113)(H,98,114)(H,99,119)(H,100,120)(H,101,122)(H,102,118)(H,103,121)(H,115,116). The van der Waals surface area contributed by atoms with Crippen LogP contribution < -0.4 is 53.6 Å². The molecule has 11 atom stereocenters. The zero-order chi connectivity index (χ0) is 93.6. The lowest BCUT2D eigenvalue weighted by atomic mass is 9.98. The summed E-state index contributed by atoms with van der Waals surface area (Å²) in [5.41, 5.74) is 8.86. The average molecular weight is 1790 g/mol. The minimum Gasteiger partial charge on any atom is -0.508 e. The van der Waals surface area contributed by atoms with Crippen molar-refractivity contribution in [3.63, 3.8) is 0 Å². The minimum atomic E-state index is -1.91. The largest absolute Gasteiger partial charge is 0.508 e. The number of primary amides is 1. The highest BCUT2D eigenvalue weighted by Crippen LogP contribution is 2.24.